The molecule has 0 aliphatic heterocycles. The van der Waals surface area contributed by atoms with Crippen molar-refractivity contribution in [2.24, 2.45) is 0 Å². The maximum atomic E-state index is 5.94. The van der Waals surface area contributed by atoms with Crippen LogP contribution >= 0.6 is 0 Å². The van der Waals surface area contributed by atoms with Crippen molar-refractivity contribution in [3.05, 3.63) is 121 Å². The Bertz CT molecular complexity index is 1260. The van der Waals surface area contributed by atoms with Crippen molar-refractivity contribution in [2.45, 2.75) is 0 Å². The molecule has 5 aromatic rings. The van der Waals surface area contributed by atoms with Gasteiger partial charge < -0.3 is 10.5 Å². The molecular formula is C29H22N2O. The third-order valence-corrected chi connectivity index (χ3v) is 5.27. The fourth-order valence-electron chi connectivity index (χ4n) is 3.60. The molecule has 0 bridgehead atoms. The van der Waals surface area contributed by atoms with Crippen LogP contribution in [0.1, 0.15) is 0 Å². The molecule has 154 valence electrons. The van der Waals surface area contributed by atoms with Gasteiger partial charge in [0, 0.05) is 16.8 Å². The number of hydrogen-bond acceptors (Lipinski definition) is 3. The van der Waals surface area contributed by atoms with Crippen LogP contribution in [-0.2, 0) is 0 Å². The van der Waals surface area contributed by atoms with Crippen molar-refractivity contribution in [2.75, 3.05) is 5.73 Å². The number of hydrogen-bond donors (Lipinski definition) is 1. The van der Waals surface area contributed by atoms with Crippen molar-refractivity contribution < 1.29 is 4.74 Å². The van der Waals surface area contributed by atoms with Crippen molar-refractivity contribution in [3.63, 3.8) is 0 Å². The Labute approximate surface area is 187 Å². The second-order valence-corrected chi connectivity index (χ2v) is 7.55. The molecule has 3 heteroatoms. The van der Waals surface area contributed by atoms with Crippen LogP contribution in [0.3, 0.4) is 0 Å². The molecule has 0 spiro atoms. The summed E-state index contributed by atoms with van der Waals surface area (Å²) < 4.78 is 5.94. The SMILES string of the molecule is Nc1ccc(Oc2ccc(-c3cc(-c4ccccc4)nc(-c4ccccc4)c3)cc2)cc1. The first kappa shape index (κ1) is 19.6. The summed E-state index contributed by atoms with van der Waals surface area (Å²) in [5.74, 6) is 1.53. The third kappa shape index (κ3) is 4.37. The fourth-order valence-corrected chi connectivity index (χ4v) is 3.60. The average Bonchev–Trinajstić information content (AvgIpc) is 2.87. The second kappa shape index (κ2) is 8.78. The molecule has 0 unspecified atom stereocenters. The molecule has 0 amide bonds. The number of benzene rings is 4. The van der Waals surface area contributed by atoms with E-state index in [4.69, 9.17) is 15.5 Å². The smallest absolute Gasteiger partial charge is 0.127 e. The number of pyridine rings is 1. The van der Waals surface area contributed by atoms with Crippen molar-refractivity contribution in [1.82, 2.24) is 4.98 Å². The van der Waals surface area contributed by atoms with E-state index in [0.29, 0.717) is 5.69 Å². The molecule has 0 atom stereocenters. The number of anilines is 1. The Morgan fingerprint density at radius 1 is 0.469 bits per heavy atom. The van der Waals surface area contributed by atoms with E-state index in [-0.39, 0.29) is 0 Å². The first-order chi connectivity index (χ1) is 15.7. The minimum Gasteiger partial charge on any atom is -0.457 e. The lowest BCUT2D eigenvalue weighted by Crippen LogP contribution is -1.91. The van der Waals surface area contributed by atoms with Gasteiger partial charge in [-0.25, -0.2) is 4.98 Å². The van der Waals surface area contributed by atoms with E-state index in [1.807, 2.05) is 72.8 Å². The normalized spacial score (nSPS) is 10.6. The summed E-state index contributed by atoms with van der Waals surface area (Å²) in [6.07, 6.45) is 0. The molecule has 1 heterocycles. The minimum absolute atomic E-state index is 0.717. The van der Waals surface area contributed by atoms with E-state index in [1.54, 1.807) is 0 Å². The van der Waals surface area contributed by atoms with Crippen LogP contribution < -0.4 is 10.5 Å². The van der Waals surface area contributed by atoms with E-state index >= 15 is 0 Å². The molecule has 0 radical (unpaired) electrons. The van der Waals surface area contributed by atoms with Gasteiger partial charge in [0.05, 0.1) is 11.4 Å². The van der Waals surface area contributed by atoms with E-state index in [2.05, 4.69) is 48.5 Å². The molecule has 3 nitrogen and oxygen atoms in total. The van der Waals surface area contributed by atoms with Crippen LogP contribution in [0.2, 0.25) is 0 Å². The van der Waals surface area contributed by atoms with Crippen molar-refractivity contribution >= 4 is 5.69 Å². The summed E-state index contributed by atoms with van der Waals surface area (Å²) in [7, 11) is 0. The minimum atomic E-state index is 0.717. The van der Waals surface area contributed by atoms with Gasteiger partial charge in [-0.05, 0) is 59.7 Å². The number of nitrogens with zero attached hydrogens (tertiary/aromatic N) is 1. The summed E-state index contributed by atoms with van der Waals surface area (Å²) in [6, 6.07) is 40.3. The van der Waals surface area contributed by atoms with Gasteiger partial charge in [-0.3, -0.25) is 0 Å². The maximum Gasteiger partial charge on any atom is 0.127 e. The Morgan fingerprint density at radius 2 is 0.938 bits per heavy atom. The van der Waals surface area contributed by atoms with Gasteiger partial charge in [-0.2, -0.15) is 0 Å². The summed E-state index contributed by atoms with van der Waals surface area (Å²) in [5, 5.41) is 0. The predicted octanol–water partition coefficient (Wildman–Crippen LogP) is 7.46. The van der Waals surface area contributed by atoms with Crippen LogP contribution in [0, 0.1) is 0 Å². The second-order valence-electron chi connectivity index (χ2n) is 7.55. The molecular weight excluding hydrogens is 392 g/mol. The van der Waals surface area contributed by atoms with E-state index in [0.717, 1.165) is 45.1 Å². The summed E-state index contributed by atoms with van der Waals surface area (Å²) in [4.78, 5) is 4.94. The fraction of sp³-hybridized carbons (Fsp3) is 0. The standard InChI is InChI=1S/C29H22N2O/c30-25-13-17-27(18-14-25)32-26-15-11-21(12-16-26)24-19-28(22-7-3-1-4-8-22)31-29(20-24)23-9-5-2-6-10-23/h1-20H,30H2. The topological polar surface area (TPSA) is 48.1 Å². The summed E-state index contributed by atoms with van der Waals surface area (Å²) in [6.45, 7) is 0. The molecule has 32 heavy (non-hydrogen) atoms. The van der Waals surface area contributed by atoms with Gasteiger partial charge in [0.15, 0.2) is 0 Å². The lowest BCUT2D eigenvalue weighted by atomic mass is 10.00. The third-order valence-electron chi connectivity index (χ3n) is 5.27. The molecule has 4 aromatic carbocycles. The van der Waals surface area contributed by atoms with Crippen LogP contribution in [0.25, 0.3) is 33.6 Å². The monoisotopic (exact) mass is 414 g/mol. The van der Waals surface area contributed by atoms with E-state index < -0.39 is 0 Å². The highest BCUT2D eigenvalue weighted by Crippen LogP contribution is 2.32. The number of ether oxygens (including phenoxy) is 1. The molecule has 0 aliphatic rings. The molecule has 0 saturated heterocycles. The van der Waals surface area contributed by atoms with Crippen LogP contribution in [0.15, 0.2) is 121 Å². The van der Waals surface area contributed by atoms with Gasteiger partial charge in [-0.15, -0.1) is 0 Å². The number of nitrogens with two attached hydrogens (primary N) is 1. The highest BCUT2D eigenvalue weighted by Gasteiger charge is 2.09. The zero-order valence-corrected chi connectivity index (χ0v) is 17.5. The van der Waals surface area contributed by atoms with E-state index in [9.17, 15) is 0 Å². The zero-order chi connectivity index (χ0) is 21.8. The van der Waals surface area contributed by atoms with Crippen LogP contribution in [-0.4, -0.2) is 4.98 Å². The molecule has 5 rings (SSSR count). The van der Waals surface area contributed by atoms with E-state index in [1.165, 1.54) is 0 Å². The Hall–Kier alpha value is -4.37. The van der Waals surface area contributed by atoms with Gasteiger partial charge in [-0.1, -0.05) is 72.8 Å². The van der Waals surface area contributed by atoms with Gasteiger partial charge >= 0.3 is 0 Å². The first-order valence-electron chi connectivity index (χ1n) is 10.5. The number of aromatic nitrogens is 1. The van der Waals surface area contributed by atoms with Crippen LogP contribution in [0.5, 0.6) is 11.5 Å². The Morgan fingerprint density at radius 3 is 1.44 bits per heavy atom. The lowest BCUT2D eigenvalue weighted by Gasteiger charge is -2.11. The molecule has 1 aromatic heterocycles. The molecule has 2 N–H and O–H groups in total. The number of nitrogen functional groups attached to an aromatic ring is 1. The highest BCUT2D eigenvalue weighted by molar-refractivity contribution is 5.76. The number of rotatable bonds is 5. The van der Waals surface area contributed by atoms with Gasteiger partial charge in [0.2, 0.25) is 0 Å². The molecule has 0 aliphatic carbocycles. The van der Waals surface area contributed by atoms with Gasteiger partial charge in [0.25, 0.3) is 0 Å². The lowest BCUT2D eigenvalue weighted by molar-refractivity contribution is 0.483. The van der Waals surface area contributed by atoms with Gasteiger partial charge in [0.1, 0.15) is 11.5 Å². The van der Waals surface area contributed by atoms with Crippen LogP contribution in [0.4, 0.5) is 5.69 Å². The molecule has 0 fully saturated rings. The van der Waals surface area contributed by atoms with Crippen molar-refractivity contribution in [1.29, 1.82) is 0 Å². The summed E-state index contributed by atoms with van der Waals surface area (Å²) in [5.41, 5.74) is 12.8. The maximum absolute atomic E-state index is 5.94. The average molecular weight is 415 g/mol. The largest absolute Gasteiger partial charge is 0.457 e. The quantitative estimate of drug-likeness (QED) is 0.304. The highest BCUT2D eigenvalue weighted by atomic mass is 16.5. The predicted molar refractivity (Wildman–Crippen MR) is 131 cm³/mol. The zero-order valence-electron chi connectivity index (χ0n) is 17.5. The Balaban J connectivity index is 1.51. The Kier molecular flexibility index (Phi) is 5.38. The van der Waals surface area contributed by atoms with Crippen molar-refractivity contribution in [3.8, 4) is 45.1 Å². The molecule has 0 saturated carbocycles. The summed E-state index contributed by atoms with van der Waals surface area (Å²) >= 11 is 0. The first-order valence-corrected chi connectivity index (χ1v) is 10.5.